The molecule has 0 aliphatic rings. The maximum absolute atomic E-state index is 11.6. The van der Waals surface area contributed by atoms with Gasteiger partial charge in [-0.1, -0.05) is 17.7 Å². The van der Waals surface area contributed by atoms with E-state index in [4.69, 9.17) is 11.6 Å². The summed E-state index contributed by atoms with van der Waals surface area (Å²) >= 11 is 5.83. The second-order valence-electron chi connectivity index (χ2n) is 4.14. The number of aryl methyl sites for hydroxylation is 1. The molecular formula is C13H15ClN4O. The topological polar surface area (TPSA) is 69.8 Å². The summed E-state index contributed by atoms with van der Waals surface area (Å²) in [6.45, 7) is 2.43. The molecule has 0 fully saturated rings. The molecule has 0 spiro atoms. The van der Waals surface area contributed by atoms with E-state index >= 15 is 0 Å². The second kappa shape index (κ2) is 6.24. The molecule has 1 heterocycles. The van der Waals surface area contributed by atoms with Gasteiger partial charge in [-0.05, 0) is 25.1 Å². The van der Waals surface area contributed by atoms with Crippen LogP contribution >= 0.6 is 11.6 Å². The highest BCUT2D eigenvalue weighted by Crippen LogP contribution is 2.14. The van der Waals surface area contributed by atoms with Gasteiger partial charge in [-0.25, -0.2) is 9.78 Å². The van der Waals surface area contributed by atoms with E-state index in [1.165, 1.54) is 0 Å². The Morgan fingerprint density at radius 1 is 1.47 bits per heavy atom. The standard InChI is InChI=1S/C13H15ClN4O/c1-9-16-8-12(17-9)5-6-15-13(19)18-11-4-2-3-10(14)7-11/h2-4,7-8H,5-6H2,1H3,(H,16,17)(H2,15,18,19). The number of nitrogens with one attached hydrogen (secondary N) is 3. The number of amides is 2. The normalized spacial score (nSPS) is 10.2. The summed E-state index contributed by atoms with van der Waals surface area (Å²) in [6.07, 6.45) is 2.48. The van der Waals surface area contributed by atoms with Gasteiger partial charge >= 0.3 is 6.03 Å². The van der Waals surface area contributed by atoms with Crippen LogP contribution in [-0.2, 0) is 6.42 Å². The Hall–Kier alpha value is -2.01. The Labute approximate surface area is 116 Å². The summed E-state index contributed by atoms with van der Waals surface area (Å²) in [5.41, 5.74) is 1.67. The van der Waals surface area contributed by atoms with Crippen LogP contribution in [0.2, 0.25) is 5.02 Å². The van der Waals surface area contributed by atoms with E-state index in [0.29, 0.717) is 23.7 Å². The first-order chi connectivity index (χ1) is 9.13. The summed E-state index contributed by atoms with van der Waals surface area (Å²) in [5.74, 6) is 0.873. The zero-order valence-electron chi connectivity index (χ0n) is 10.5. The molecule has 0 bridgehead atoms. The first kappa shape index (κ1) is 13.4. The molecule has 0 aliphatic carbocycles. The molecule has 0 radical (unpaired) electrons. The van der Waals surface area contributed by atoms with Gasteiger partial charge < -0.3 is 15.6 Å². The fraction of sp³-hybridized carbons (Fsp3) is 0.231. The number of rotatable bonds is 4. The average Bonchev–Trinajstić information content (AvgIpc) is 2.75. The van der Waals surface area contributed by atoms with Crippen LogP contribution in [0.4, 0.5) is 10.5 Å². The molecule has 1 aromatic carbocycles. The predicted octanol–water partition coefficient (Wildman–Crippen LogP) is 2.74. The number of hydrogen-bond acceptors (Lipinski definition) is 2. The fourth-order valence-corrected chi connectivity index (χ4v) is 1.84. The van der Waals surface area contributed by atoms with Crippen LogP contribution in [-0.4, -0.2) is 22.5 Å². The van der Waals surface area contributed by atoms with Crippen LogP contribution < -0.4 is 10.6 Å². The van der Waals surface area contributed by atoms with Gasteiger partial charge in [0.25, 0.3) is 0 Å². The Morgan fingerprint density at radius 2 is 2.32 bits per heavy atom. The molecule has 2 aromatic rings. The molecule has 0 aliphatic heterocycles. The number of halogens is 1. The molecule has 100 valence electrons. The third kappa shape index (κ3) is 4.30. The Balaban J connectivity index is 1.76. The molecule has 0 unspecified atom stereocenters. The highest BCUT2D eigenvalue weighted by molar-refractivity contribution is 6.30. The van der Waals surface area contributed by atoms with Gasteiger partial charge in [0.2, 0.25) is 0 Å². The van der Waals surface area contributed by atoms with Crippen molar-refractivity contribution in [2.75, 3.05) is 11.9 Å². The average molecular weight is 279 g/mol. The molecule has 6 heteroatoms. The molecule has 0 saturated heterocycles. The first-order valence-electron chi connectivity index (χ1n) is 5.94. The number of urea groups is 1. The lowest BCUT2D eigenvalue weighted by Gasteiger charge is -2.07. The smallest absolute Gasteiger partial charge is 0.319 e. The van der Waals surface area contributed by atoms with Crippen LogP contribution in [0, 0.1) is 6.92 Å². The zero-order chi connectivity index (χ0) is 13.7. The number of carbonyl (C=O) groups excluding carboxylic acids is 1. The minimum atomic E-state index is -0.251. The molecule has 2 amide bonds. The number of H-pyrrole nitrogens is 1. The van der Waals surface area contributed by atoms with E-state index < -0.39 is 0 Å². The molecule has 5 nitrogen and oxygen atoms in total. The lowest BCUT2D eigenvalue weighted by atomic mass is 10.3. The predicted molar refractivity (Wildman–Crippen MR) is 75.5 cm³/mol. The third-order valence-electron chi connectivity index (χ3n) is 2.52. The van der Waals surface area contributed by atoms with Crippen LogP contribution in [0.1, 0.15) is 11.5 Å². The van der Waals surface area contributed by atoms with Gasteiger partial charge in [0, 0.05) is 35.6 Å². The number of benzene rings is 1. The minimum Gasteiger partial charge on any atom is -0.346 e. The van der Waals surface area contributed by atoms with E-state index in [-0.39, 0.29) is 6.03 Å². The van der Waals surface area contributed by atoms with Gasteiger partial charge in [0.15, 0.2) is 0 Å². The Kier molecular flexibility index (Phi) is 4.41. The first-order valence-corrected chi connectivity index (χ1v) is 6.32. The minimum absolute atomic E-state index is 0.251. The molecular weight excluding hydrogens is 264 g/mol. The lowest BCUT2D eigenvalue weighted by Crippen LogP contribution is -2.30. The highest BCUT2D eigenvalue weighted by atomic mass is 35.5. The fourth-order valence-electron chi connectivity index (χ4n) is 1.65. The largest absolute Gasteiger partial charge is 0.346 e. The number of anilines is 1. The summed E-state index contributed by atoms with van der Waals surface area (Å²) in [5, 5.41) is 6.07. The van der Waals surface area contributed by atoms with Crippen molar-refractivity contribution in [2.45, 2.75) is 13.3 Å². The van der Waals surface area contributed by atoms with Gasteiger partial charge in [-0.2, -0.15) is 0 Å². The number of imidazole rings is 1. The molecule has 1 aromatic heterocycles. The zero-order valence-corrected chi connectivity index (χ0v) is 11.3. The number of carbonyl (C=O) groups is 1. The summed E-state index contributed by atoms with van der Waals surface area (Å²) in [6, 6.07) is 6.76. The monoisotopic (exact) mass is 278 g/mol. The second-order valence-corrected chi connectivity index (χ2v) is 4.57. The van der Waals surface area contributed by atoms with Crippen molar-refractivity contribution in [2.24, 2.45) is 0 Å². The molecule has 0 saturated carbocycles. The maximum Gasteiger partial charge on any atom is 0.319 e. The van der Waals surface area contributed by atoms with Crippen molar-refractivity contribution in [1.82, 2.24) is 15.3 Å². The van der Waals surface area contributed by atoms with Crippen molar-refractivity contribution in [3.63, 3.8) is 0 Å². The number of hydrogen-bond donors (Lipinski definition) is 3. The van der Waals surface area contributed by atoms with Crippen molar-refractivity contribution in [3.05, 3.63) is 47.0 Å². The lowest BCUT2D eigenvalue weighted by molar-refractivity contribution is 0.252. The SMILES string of the molecule is Cc1ncc(CCNC(=O)Nc2cccc(Cl)c2)[nH]1. The molecule has 3 N–H and O–H groups in total. The van der Waals surface area contributed by atoms with Gasteiger partial charge in [0.1, 0.15) is 5.82 Å². The van der Waals surface area contributed by atoms with Crippen LogP contribution in [0.5, 0.6) is 0 Å². The van der Waals surface area contributed by atoms with Crippen molar-refractivity contribution in [3.8, 4) is 0 Å². The summed E-state index contributed by atoms with van der Waals surface area (Å²) < 4.78 is 0. The number of aromatic nitrogens is 2. The molecule has 2 rings (SSSR count). The van der Waals surface area contributed by atoms with E-state index in [9.17, 15) is 4.79 Å². The maximum atomic E-state index is 11.6. The van der Waals surface area contributed by atoms with Crippen molar-refractivity contribution < 1.29 is 4.79 Å². The summed E-state index contributed by atoms with van der Waals surface area (Å²) in [7, 11) is 0. The van der Waals surface area contributed by atoms with Gasteiger partial charge in [-0.15, -0.1) is 0 Å². The van der Waals surface area contributed by atoms with E-state index in [1.807, 2.05) is 6.92 Å². The quantitative estimate of drug-likeness (QED) is 0.805. The summed E-state index contributed by atoms with van der Waals surface area (Å²) in [4.78, 5) is 18.8. The molecule has 0 atom stereocenters. The van der Waals surface area contributed by atoms with Crippen LogP contribution in [0.25, 0.3) is 0 Å². The van der Waals surface area contributed by atoms with Gasteiger partial charge in [-0.3, -0.25) is 0 Å². The van der Waals surface area contributed by atoms with Gasteiger partial charge in [0.05, 0.1) is 0 Å². The number of nitrogens with zero attached hydrogens (tertiary/aromatic N) is 1. The highest BCUT2D eigenvalue weighted by Gasteiger charge is 2.02. The van der Waals surface area contributed by atoms with Crippen LogP contribution in [0.15, 0.2) is 30.5 Å². The third-order valence-corrected chi connectivity index (χ3v) is 2.75. The number of aromatic amines is 1. The Morgan fingerprint density at radius 3 is 3.00 bits per heavy atom. The molecule has 19 heavy (non-hydrogen) atoms. The van der Waals surface area contributed by atoms with Crippen molar-refractivity contribution >= 4 is 23.3 Å². The van der Waals surface area contributed by atoms with Crippen molar-refractivity contribution in [1.29, 1.82) is 0 Å². The van der Waals surface area contributed by atoms with E-state index in [1.54, 1.807) is 30.5 Å². The van der Waals surface area contributed by atoms with Crippen LogP contribution in [0.3, 0.4) is 0 Å². The van der Waals surface area contributed by atoms with E-state index in [0.717, 1.165) is 11.5 Å². The van der Waals surface area contributed by atoms with E-state index in [2.05, 4.69) is 20.6 Å². The Bertz CT molecular complexity index is 567.